The molecule has 0 spiro atoms. The molecular weight excluding hydrogens is 292 g/mol. The van der Waals surface area contributed by atoms with Crippen LogP contribution in [0, 0.1) is 28.6 Å². The average molecular weight is 316 g/mol. The predicted molar refractivity (Wildman–Crippen MR) is 83.5 cm³/mol. The zero-order chi connectivity index (χ0) is 16.6. The fourth-order valence-corrected chi connectivity index (χ4v) is 6.23. The Morgan fingerprint density at radius 3 is 2.57 bits per heavy atom. The van der Waals surface area contributed by atoms with Crippen molar-refractivity contribution in [2.45, 2.75) is 58.5 Å². The molecule has 4 heteroatoms. The summed E-state index contributed by atoms with van der Waals surface area (Å²) in [6.07, 6.45) is 4.49. The SMILES string of the molecule is C[C@]12CCC(=O)C=C1C(=O)C[C@@H]1[C@@H]2CC[C@]2(C)C(=O)CC(O)[C@@H]12. The van der Waals surface area contributed by atoms with E-state index in [1.165, 1.54) is 0 Å². The molecule has 4 nitrogen and oxygen atoms in total. The monoisotopic (exact) mass is 316 g/mol. The van der Waals surface area contributed by atoms with Gasteiger partial charge < -0.3 is 5.11 Å². The molecule has 0 amide bonds. The number of carbonyl (C=O) groups is 3. The van der Waals surface area contributed by atoms with Gasteiger partial charge in [0.2, 0.25) is 0 Å². The maximum atomic E-state index is 12.7. The Bertz CT molecular complexity index is 648. The van der Waals surface area contributed by atoms with E-state index in [2.05, 4.69) is 6.92 Å². The van der Waals surface area contributed by atoms with Crippen molar-refractivity contribution in [3.05, 3.63) is 11.6 Å². The number of ketones is 3. The van der Waals surface area contributed by atoms with E-state index in [-0.39, 0.29) is 46.9 Å². The van der Waals surface area contributed by atoms with E-state index in [1.54, 1.807) is 6.08 Å². The maximum Gasteiger partial charge on any atom is 0.159 e. The summed E-state index contributed by atoms with van der Waals surface area (Å²) in [7, 11) is 0. The van der Waals surface area contributed by atoms with E-state index in [0.29, 0.717) is 18.4 Å². The lowest BCUT2D eigenvalue weighted by Gasteiger charge is -2.56. The third-order valence-electron chi connectivity index (χ3n) is 7.49. The van der Waals surface area contributed by atoms with Gasteiger partial charge in [0.1, 0.15) is 5.78 Å². The second-order valence-electron chi connectivity index (χ2n) is 8.52. The average Bonchev–Trinajstić information content (AvgIpc) is 2.71. The smallest absolute Gasteiger partial charge is 0.159 e. The minimum atomic E-state index is -0.618. The van der Waals surface area contributed by atoms with Crippen LogP contribution in [0.3, 0.4) is 0 Å². The molecule has 0 saturated heterocycles. The van der Waals surface area contributed by atoms with E-state index in [1.807, 2.05) is 6.92 Å². The minimum absolute atomic E-state index is 0.0533. The van der Waals surface area contributed by atoms with Gasteiger partial charge >= 0.3 is 0 Å². The lowest BCUT2D eigenvalue weighted by Crippen LogP contribution is -2.54. The van der Waals surface area contributed by atoms with Gasteiger partial charge in [-0.15, -0.1) is 0 Å². The number of aliphatic hydroxyl groups is 1. The summed E-state index contributed by atoms with van der Waals surface area (Å²) in [6.45, 7) is 4.10. The maximum absolute atomic E-state index is 12.7. The number of carbonyl (C=O) groups excluding carboxylic acids is 3. The van der Waals surface area contributed by atoms with Crippen LogP contribution >= 0.6 is 0 Å². The highest BCUT2D eigenvalue weighted by Gasteiger charge is 2.63. The van der Waals surface area contributed by atoms with Crippen molar-refractivity contribution in [1.82, 2.24) is 0 Å². The molecule has 0 radical (unpaired) electrons. The zero-order valence-corrected chi connectivity index (χ0v) is 13.8. The quantitative estimate of drug-likeness (QED) is 0.744. The van der Waals surface area contributed by atoms with Crippen molar-refractivity contribution < 1.29 is 19.5 Å². The molecule has 0 aromatic carbocycles. The van der Waals surface area contributed by atoms with Crippen LogP contribution in [0.4, 0.5) is 0 Å². The highest BCUT2D eigenvalue weighted by atomic mass is 16.3. The van der Waals surface area contributed by atoms with Crippen molar-refractivity contribution in [2.75, 3.05) is 0 Å². The Morgan fingerprint density at radius 1 is 1.09 bits per heavy atom. The van der Waals surface area contributed by atoms with E-state index < -0.39 is 11.5 Å². The first-order valence-electron chi connectivity index (χ1n) is 8.77. The van der Waals surface area contributed by atoms with Crippen LogP contribution in [0.5, 0.6) is 0 Å². The fourth-order valence-electron chi connectivity index (χ4n) is 6.23. The zero-order valence-electron chi connectivity index (χ0n) is 13.8. The van der Waals surface area contributed by atoms with Crippen LogP contribution in [0.1, 0.15) is 52.4 Å². The Balaban J connectivity index is 1.78. The van der Waals surface area contributed by atoms with Gasteiger partial charge in [-0.2, -0.15) is 0 Å². The Kier molecular flexibility index (Phi) is 3.07. The number of fused-ring (bicyclic) bond motifs is 5. The Labute approximate surface area is 136 Å². The van der Waals surface area contributed by atoms with Gasteiger partial charge in [-0.05, 0) is 42.6 Å². The van der Waals surface area contributed by atoms with Gasteiger partial charge in [0.25, 0.3) is 0 Å². The summed E-state index contributed by atoms with van der Waals surface area (Å²) in [5, 5.41) is 10.5. The van der Waals surface area contributed by atoms with Gasteiger partial charge in [0.05, 0.1) is 6.10 Å². The molecule has 1 unspecified atom stereocenters. The molecule has 0 heterocycles. The standard InChI is InChI=1S/C19H24O4/c1-18-5-3-10(20)7-13(18)14(21)8-11-12(18)4-6-19(2)16(23)9-15(22)17(11)19/h7,11-12,15,17,22H,3-6,8-9H2,1-2H3/t11-,12+,15?,17-,18-,19-/m1/s1. The van der Waals surface area contributed by atoms with Crippen LogP contribution in [-0.4, -0.2) is 28.6 Å². The number of hydrogen-bond donors (Lipinski definition) is 1. The number of allylic oxidation sites excluding steroid dienone is 1. The first-order chi connectivity index (χ1) is 10.8. The predicted octanol–water partition coefficient (Wildman–Crippen LogP) is 2.24. The van der Waals surface area contributed by atoms with E-state index in [0.717, 1.165) is 19.3 Å². The molecule has 1 N–H and O–H groups in total. The van der Waals surface area contributed by atoms with Crippen molar-refractivity contribution in [3.63, 3.8) is 0 Å². The minimum Gasteiger partial charge on any atom is -0.392 e. The van der Waals surface area contributed by atoms with Crippen LogP contribution in [-0.2, 0) is 14.4 Å². The third kappa shape index (κ3) is 1.84. The molecule has 0 bridgehead atoms. The summed E-state index contributed by atoms with van der Waals surface area (Å²) < 4.78 is 0. The topological polar surface area (TPSA) is 71.4 Å². The fraction of sp³-hybridized carbons (Fsp3) is 0.737. The molecule has 124 valence electrons. The van der Waals surface area contributed by atoms with E-state index in [9.17, 15) is 19.5 Å². The van der Waals surface area contributed by atoms with Crippen molar-refractivity contribution in [3.8, 4) is 0 Å². The van der Waals surface area contributed by atoms with Crippen LogP contribution in [0.2, 0.25) is 0 Å². The lowest BCUT2D eigenvalue weighted by atomic mass is 9.47. The molecule has 4 aliphatic carbocycles. The molecule has 3 fully saturated rings. The van der Waals surface area contributed by atoms with Crippen LogP contribution in [0.15, 0.2) is 11.6 Å². The summed E-state index contributed by atoms with van der Waals surface area (Å²) in [5.74, 6) is 0.523. The number of hydrogen-bond acceptors (Lipinski definition) is 4. The largest absolute Gasteiger partial charge is 0.392 e. The molecule has 0 aromatic heterocycles. The molecule has 4 aliphatic rings. The molecular formula is C19H24O4. The second-order valence-corrected chi connectivity index (χ2v) is 8.52. The molecule has 3 saturated carbocycles. The van der Waals surface area contributed by atoms with E-state index >= 15 is 0 Å². The van der Waals surface area contributed by atoms with Crippen LogP contribution in [0.25, 0.3) is 0 Å². The highest BCUT2D eigenvalue weighted by Crippen LogP contribution is 2.63. The number of rotatable bonds is 0. The summed E-state index contributed by atoms with van der Waals surface area (Å²) in [6, 6.07) is 0. The molecule has 6 atom stereocenters. The first kappa shape index (κ1) is 15.3. The Hall–Kier alpha value is -1.29. The van der Waals surface area contributed by atoms with Gasteiger partial charge in [-0.1, -0.05) is 13.8 Å². The summed E-state index contributed by atoms with van der Waals surface area (Å²) >= 11 is 0. The van der Waals surface area contributed by atoms with Crippen molar-refractivity contribution in [2.24, 2.45) is 28.6 Å². The van der Waals surface area contributed by atoms with Gasteiger partial charge in [0.15, 0.2) is 11.6 Å². The lowest BCUT2D eigenvalue weighted by molar-refractivity contribution is -0.140. The van der Waals surface area contributed by atoms with Crippen molar-refractivity contribution >= 4 is 17.3 Å². The van der Waals surface area contributed by atoms with Gasteiger partial charge in [-0.3, -0.25) is 14.4 Å². The third-order valence-corrected chi connectivity index (χ3v) is 7.49. The van der Waals surface area contributed by atoms with Crippen molar-refractivity contribution in [1.29, 1.82) is 0 Å². The number of Topliss-reactive ketones (excluding diaryl/α,β-unsaturated/α-hetero) is 2. The molecule has 0 aromatic rings. The van der Waals surface area contributed by atoms with Crippen LogP contribution < -0.4 is 0 Å². The first-order valence-corrected chi connectivity index (χ1v) is 8.77. The van der Waals surface area contributed by atoms with E-state index in [4.69, 9.17) is 0 Å². The Morgan fingerprint density at radius 2 is 1.83 bits per heavy atom. The second kappa shape index (κ2) is 4.62. The normalized spacial score (nSPS) is 49.3. The number of aliphatic hydroxyl groups excluding tert-OH is 1. The molecule has 23 heavy (non-hydrogen) atoms. The molecule has 4 rings (SSSR count). The van der Waals surface area contributed by atoms with Gasteiger partial charge in [-0.25, -0.2) is 0 Å². The van der Waals surface area contributed by atoms with Gasteiger partial charge in [0, 0.05) is 36.2 Å². The summed E-state index contributed by atoms with van der Waals surface area (Å²) in [5.41, 5.74) is -0.0267. The highest BCUT2D eigenvalue weighted by molar-refractivity contribution is 6.06. The summed E-state index contributed by atoms with van der Waals surface area (Å²) in [4.78, 5) is 36.9. The molecule has 0 aliphatic heterocycles.